The van der Waals surface area contributed by atoms with Gasteiger partial charge in [-0.1, -0.05) is 30.3 Å². The van der Waals surface area contributed by atoms with Crippen molar-refractivity contribution in [3.63, 3.8) is 0 Å². The molecule has 4 heterocycles. The van der Waals surface area contributed by atoms with Gasteiger partial charge in [-0.15, -0.1) is 11.8 Å². The zero-order valence-corrected chi connectivity index (χ0v) is 19.3. The fourth-order valence-corrected chi connectivity index (χ4v) is 5.97. The first-order chi connectivity index (χ1) is 15.6. The van der Waals surface area contributed by atoms with E-state index in [1.807, 2.05) is 47.9 Å². The van der Waals surface area contributed by atoms with Crippen molar-refractivity contribution in [2.45, 2.75) is 49.9 Å². The summed E-state index contributed by atoms with van der Waals surface area (Å²) in [4.78, 5) is 25.4. The summed E-state index contributed by atoms with van der Waals surface area (Å²) in [5.41, 5.74) is 2.96. The van der Waals surface area contributed by atoms with E-state index in [9.17, 15) is 4.79 Å². The number of methoxy groups -OCH3 is 1. The fourth-order valence-electron chi connectivity index (χ4n) is 4.83. The van der Waals surface area contributed by atoms with Crippen LogP contribution in [-0.4, -0.2) is 51.0 Å². The summed E-state index contributed by atoms with van der Waals surface area (Å²) in [7, 11) is 1.66. The number of thioether (sulfide) groups is 1. The molecule has 1 amide bonds. The van der Waals surface area contributed by atoms with Crippen molar-refractivity contribution in [2.75, 3.05) is 13.7 Å². The van der Waals surface area contributed by atoms with Crippen LogP contribution in [0, 0.1) is 0 Å². The molecule has 1 fully saturated rings. The minimum atomic E-state index is -0.357. The highest BCUT2D eigenvalue weighted by Crippen LogP contribution is 2.41. The monoisotopic (exact) mass is 448 g/mol. The molecule has 2 unspecified atom stereocenters. The molecule has 2 aliphatic heterocycles. The fraction of sp³-hybridized carbons (Fsp3) is 0.400. The van der Waals surface area contributed by atoms with Crippen LogP contribution in [0.1, 0.15) is 42.7 Å². The van der Waals surface area contributed by atoms with Crippen molar-refractivity contribution in [2.24, 2.45) is 4.99 Å². The number of imidazole rings is 1. The summed E-state index contributed by atoms with van der Waals surface area (Å²) in [6.07, 6.45) is 7.95. The third-order valence-corrected chi connectivity index (χ3v) is 7.59. The first-order valence-corrected chi connectivity index (χ1v) is 12.1. The lowest BCUT2D eigenvalue weighted by molar-refractivity contribution is -0.136. The summed E-state index contributed by atoms with van der Waals surface area (Å²) < 4.78 is 7.45. The number of carbonyl (C=O) groups excluding carboxylic acids is 1. The molecule has 3 atom stereocenters. The Morgan fingerprint density at radius 3 is 2.84 bits per heavy atom. The predicted molar refractivity (Wildman–Crippen MR) is 128 cm³/mol. The van der Waals surface area contributed by atoms with Gasteiger partial charge in [-0.2, -0.15) is 0 Å². The number of piperidine rings is 1. The summed E-state index contributed by atoms with van der Waals surface area (Å²) >= 11 is 1.70. The predicted octanol–water partition coefficient (Wildman–Crippen LogP) is 4.54. The molecule has 32 heavy (non-hydrogen) atoms. The number of likely N-dealkylation sites (tertiary alicyclic amines) is 1. The lowest BCUT2D eigenvalue weighted by Gasteiger charge is -2.37. The van der Waals surface area contributed by atoms with Gasteiger partial charge < -0.3 is 14.0 Å². The van der Waals surface area contributed by atoms with Gasteiger partial charge in [0.05, 0.1) is 23.1 Å². The second-order valence-electron chi connectivity index (χ2n) is 8.47. The minimum absolute atomic E-state index is 0.0470. The van der Waals surface area contributed by atoms with Crippen molar-refractivity contribution in [3.05, 3.63) is 66.1 Å². The molecule has 6 nitrogen and oxygen atoms in total. The first kappa shape index (κ1) is 21.1. The smallest absolute Gasteiger partial charge is 0.249 e. The number of nitrogens with zero attached hydrogens (tertiary/aromatic N) is 4. The summed E-state index contributed by atoms with van der Waals surface area (Å²) in [6, 6.07) is 13.9. The number of pyridine rings is 1. The van der Waals surface area contributed by atoms with Crippen LogP contribution in [0.4, 0.5) is 0 Å². The van der Waals surface area contributed by atoms with E-state index in [0.717, 1.165) is 59.9 Å². The molecule has 1 saturated heterocycles. The van der Waals surface area contributed by atoms with Gasteiger partial charge in [0.1, 0.15) is 6.04 Å². The van der Waals surface area contributed by atoms with Crippen LogP contribution in [0.2, 0.25) is 0 Å². The zero-order chi connectivity index (χ0) is 22.1. The maximum atomic E-state index is 13.8. The second kappa shape index (κ2) is 8.98. The minimum Gasteiger partial charge on any atom is -0.493 e. The summed E-state index contributed by atoms with van der Waals surface area (Å²) in [5.74, 6) is 0.906. The van der Waals surface area contributed by atoms with Crippen LogP contribution in [0.5, 0.6) is 5.75 Å². The topological polar surface area (TPSA) is 59.2 Å². The van der Waals surface area contributed by atoms with Crippen LogP contribution in [0.3, 0.4) is 0 Å². The highest BCUT2D eigenvalue weighted by atomic mass is 32.2. The molecule has 5 rings (SSSR count). The van der Waals surface area contributed by atoms with Gasteiger partial charge in [0.15, 0.2) is 11.4 Å². The lowest BCUT2D eigenvalue weighted by atomic mass is 9.96. The van der Waals surface area contributed by atoms with Crippen LogP contribution in [-0.2, 0) is 11.2 Å². The van der Waals surface area contributed by atoms with Gasteiger partial charge in [0.25, 0.3) is 0 Å². The van der Waals surface area contributed by atoms with Crippen molar-refractivity contribution in [3.8, 4) is 5.75 Å². The second-order valence-corrected chi connectivity index (χ2v) is 9.80. The van der Waals surface area contributed by atoms with E-state index >= 15 is 0 Å². The molecule has 0 spiro atoms. The largest absolute Gasteiger partial charge is 0.493 e. The number of aromatic nitrogens is 2. The molecule has 0 bridgehead atoms. The normalized spacial score (nSPS) is 23.4. The third-order valence-electron chi connectivity index (χ3n) is 6.36. The van der Waals surface area contributed by atoms with Crippen molar-refractivity contribution in [1.29, 1.82) is 0 Å². The van der Waals surface area contributed by atoms with Gasteiger partial charge in [-0.25, -0.2) is 4.98 Å². The summed E-state index contributed by atoms with van der Waals surface area (Å²) in [6.45, 7) is 2.79. The van der Waals surface area contributed by atoms with E-state index < -0.39 is 0 Å². The van der Waals surface area contributed by atoms with Crippen LogP contribution < -0.4 is 4.74 Å². The average molecular weight is 449 g/mol. The van der Waals surface area contributed by atoms with E-state index in [-0.39, 0.29) is 23.2 Å². The molecule has 166 valence electrons. The number of aliphatic imine (C=N–C) groups is 1. The first-order valence-electron chi connectivity index (χ1n) is 11.2. The molecule has 1 aromatic carbocycles. The Morgan fingerprint density at radius 2 is 2.03 bits per heavy atom. The van der Waals surface area contributed by atoms with Gasteiger partial charge >= 0.3 is 0 Å². The maximum absolute atomic E-state index is 13.8. The van der Waals surface area contributed by atoms with Crippen molar-refractivity contribution < 1.29 is 9.53 Å². The number of hydrogen-bond acceptors (Lipinski definition) is 5. The third kappa shape index (κ3) is 4.01. The Bertz CT molecular complexity index is 1140. The Morgan fingerprint density at radius 1 is 1.19 bits per heavy atom. The highest BCUT2D eigenvalue weighted by Gasteiger charge is 2.40. The Labute approximate surface area is 192 Å². The number of benzene rings is 1. The molecule has 7 heteroatoms. The van der Waals surface area contributed by atoms with Gasteiger partial charge in [-0.3, -0.25) is 9.79 Å². The van der Waals surface area contributed by atoms with Crippen LogP contribution in [0.25, 0.3) is 5.65 Å². The number of amides is 1. The Kier molecular flexibility index (Phi) is 5.91. The van der Waals surface area contributed by atoms with E-state index in [1.54, 1.807) is 18.9 Å². The van der Waals surface area contributed by atoms with E-state index in [2.05, 4.69) is 23.2 Å². The molecule has 3 aromatic rings. The summed E-state index contributed by atoms with van der Waals surface area (Å²) in [5, 5.41) is 1.03. The molecule has 0 N–H and O–H groups in total. The number of ether oxygens (including phenoxy) is 1. The van der Waals surface area contributed by atoms with Crippen molar-refractivity contribution in [1.82, 2.24) is 14.3 Å². The Hall–Kier alpha value is -2.80. The zero-order valence-electron chi connectivity index (χ0n) is 18.5. The van der Waals surface area contributed by atoms with Gasteiger partial charge in [0.2, 0.25) is 5.91 Å². The van der Waals surface area contributed by atoms with E-state index in [1.165, 1.54) is 0 Å². The molecule has 2 aromatic heterocycles. The number of fused-ring (bicyclic) bond motifs is 1. The molecular weight excluding hydrogens is 420 g/mol. The van der Waals surface area contributed by atoms with Crippen LogP contribution >= 0.6 is 11.8 Å². The average Bonchev–Trinajstić information content (AvgIpc) is 3.42. The Balaban J connectivity index is 1.39. The maximum Gasteiger partial charge on any atom is 0.249 e. The quantitative estimate of drug-likeness (QED) is 0.575. The van der Waals surface area contributed by atoms with Crippen LogP contribution in [0.15, 0.2) is 59.9 Å². The van der Waals surface area contributed by atoms with Gasteiger partial charge in [-0.05, 0) is 43.9 Å². The molecule has 2 aliphatic rings. The molecule has 0 radical (unpaired) electrons. The lowest BCUT2D eigenvalue weighted by Crippen LogP contribution is -2.49. The van der Waals surface area contributed by atoms with Gasteiger partial charge in [0, 0.05) is 31.4 Å². The highest BCUT2D eigenvalue weighted by molar-refractivity contribution is 8.14. The number of rotatable bonds is 5. The van der Waals surface area contributed by atoms with E-state index in [4.69, 9.17) is 14.7 Å². The standard InChI is InChI=1S/C25H28N4O2S/c1-17-26-22(23(32-17)18-9-4-3-5-10-18)25(30)29-14-7-6-11-20(29)15-19-16-28-13-8-12-21(31-2)24(28)27-19/h3-5,8-10,12-13,16,20,22-23H,6-7,11,14-15H2,1-2H3/t20-,22?,23?/m0/s1. The molecule has 0 saturated carbocycles. The number of hydrogen-bond donors (Lipinski definition) is 0. The number of carbonyl (C=O) groups is 1. The molecule has 0 aliphatic carbocycles. The SMILES string of the molecule is COc1cccn2cc(C[C@@H]3CCCCN3C(=O)C3N=C(C)SC3c3ccccc3)nc12. The molecular formula is C25H28N4O2S. The van der Waals surface area contributed by atoms with Crippen molar-refractivity contribution >= 4 is 28.4 Å². The van der Waals surface area contributed by atoms with E-state index in [0.29, 0.717) is 0 Å².